The van der Waals surface area contributed by atoms with Crippen molar-refractivity contribution in [2.45, 2.75) is 57.8 Å². The Morgan fingerprint density at radius 1 is 1.00 bits per heavy atom. The third-order valence-corrected chi connectivity index (χ3v) is 1.57. The maximum absolute atomic E-state index is 8.91. The predicted molar refractivity (Wildman–Crippen MR) is 57.5 cm³/mol. The molecule has 0 saturated heterocycles. The van der Waals surface area contributed by atoms with E-state index in [1.165, 1.54) is 33.1 Å². The number of terminal acetylenes is 1. The molecule has 0 aromatic heterocycles. The lowest BCUT2D eigenvalue weighted by molar-refractivity contribution is -0.127. The first-order valence-electron chi connectivity index (χ1n) is 4.86. The zero-order chi connectivity index (χ0) is 11.6. The molecule has 3 nitrogen and oxygen atoms in total. The summed E-state index contributed by atoms with van der Waals surface area (Å²) in [4.78, 5) is 0. The summed E-state index contributed by atoms with van der Waals surface area (Å²) in [6.45, 7) is 2.60. The van der Waals surface area contributed by atoms with E-state index in [1.807, 2.05) is 0 Å². The Balaban J connectivity index is 0. The first kappa shape index (κ1) is 15.9. The molecule has 84 valence electrons. The van der Waals surface area contributed by atoms with Crippen LogP contribution in [-0.4, -0.2) is 27.2 Å². The summed E-state index contributed by atoms with van der Waals surface area (Å²) < 4.78 is 0. The van der Waals surface area contributed by atoms with E-state index >= 15 is 0 Å². The molecule has 0 spiro atoms. The Labute approximate surface area is 86.8 Å². The molecule has 0 aromatic carbocycles. The van der Waals surface area contributed by atoms with Crippen molar-refractivity contribution in [3.8, 4) is 12.8 Å². The van der Waals surface area contributed by atoms with E-state index < -0.39 is 5.79 Å². The molecule has 0 amide bonds. The van der Waals surface area contributed by atoms with Gasteiger partial charge in [0.2, 0.25) is 0 Å². The van der Waals surface area contributed by atoms with Crippen LogP contribution in [-0.2, 0) is 0 Å². The van der Waals surface area contributed by atoms with Gasteiger partial charge >= 0.3 is 0 Å². The Hall–Kier alpha value is -0.560. The monoisotopic (exact) mass is 202 g/mol. The molecule has 0 aromatic rings. The Kier molecular flexibility index (Phi) is 10.2. The van der Waals surface area contributed by atoms with E-state index in [1.54, 1.807) is 0 Å². The topological polar surface area (TPSA) is 60.7 Å². The minimum Gasteiger partial charge on any atom is -0.393 e. The van der Waals surface area contributed by atoms with E-state index in [4.69, 9.17) is 15.3 Å². The largest absolute Gasteiger partial charge is 0.393 e. The normalized spacial score (nSPS) is 17.1. The molecule has 0 radical (unpaired) electrons. The van der Waals surface area contributed by atoms with Crippen LogP contribution >= 0.6 is 0 Å². The highest BCUT2D eigenvalue weighted by molar-refractivity contribution is 4.61. The van der Waals surface area contributed by atoms with Gasteiger partial charge < -0.3 is 15.3 Å². The Bertz CT molecular complexity index is 123. The maximum Gasteiger partial charge on any atom is 0.156 e. The SMILES string of the molecule is C#C.CC(C)(O)O.OC1CCCCC1. The lowest BCUT2D eigenvalue weighted by atomic mass is 9.98. The highest BCUT2D eigenvalue weighted by atomic mass is 16.5. The van der Waals surface area contributed by atoms with E-state index in [0.29, 0.717) is 0 Å². The van der Waals surface area contributed by atoms with Gasteiger partial charge in [-0.2, -0.15) is 0 Å². The quantitative estimate of drug-likeness (QED) is 0.409. The fraction of sp³-hybridized carbons (Fsp3) is 0.818. The van der Waals surface area contributed by atoms with Crippen molar-refractivity contribution in [1.29, 1.82) is 0 Å². The smallest absolute Gasteiger partial charge is 0.156 e. The lowest BCUT2D eigenvalue weighted by Crippen LogP contribution is -2.15. The fourth-order valence-corrected chi connectivity index (χ4v) is 1.08. The van der Waals surface area contributed by atoms with Crippen molar-refractivity contribution in [3.05, 3.63) is 0 Å². The summed E-state index contributed by atoms with van der Waals surface area (Å²) in [5, 5.41) is 25.1. The van der Waals surface area contributed by atoms with Crippen LogP contribution in [0.2, 0.25) is 0 Å². The molecule has 1 aliphatic carbocycles. The van der Waals surface area contributed by atoms with Gasteiger partial charge in [-0.25, -0.2) is 0 Å². The molecule has 1 saturated carbocycles. The van der Waals surface area contributed by atoms with Gasteiger partial charge in [-0.15, -0.1) is 12.8 Å². The molecule has 1 rings (SSSR count). The van der Waals surface area contributed by atoms with E-state index in [2.05, 4.69) is 12.8 Å². The van der Waals surface area contributed by atoms with Crippen LogP contribution in [0.4, 0.5) is 0 Å². The minimum atomic E-state index is -1.50. The summed E-state index contributed by atoms with van der Waals surface area (Å²) in [7, 11) is 0. The molecule has 0 atom stereocenters. The van der Waals surface area contributed by atoms with Gasteiger partial charge in [0.25, 0.3) is 0 Å². The number of hydrogen-bond donors (Lipinski definition) is 3. The van der Waals surface area contributed by atoms with Crippen LogP contribution in [0.15, 0.2) is 0 Å². The van der Waals surface area contributed by atoms with E-state index in [9.17, 15) is 0 Å². The zero-order valence-electron chi connectivity index (χ0n) is 9.11. The second kappa shape index (κ2) is 9.01. The van der Waals surface area contributed by atoms with Gasteiger partial charge in [-0.3, -0.25) is 0 Å². The van der Waals surface area contributed by atoms with Crippen molar-refractivity contribution in [1.82, 2.24) is 0 Å². The van der Waals surface area contributed by atoms with Crippen LogP contribution in [0, 0.1) is 12.8 Å². The van der Waals surface area contributed by atoms with Crippen LogP contribution in [0.1, 0.15) is 46.0 Å². The van der Waals surface area contributed by atoms with Crippen molar-refractivity contribution in [2.24, 2.45) is 0 Å². The average Bonchev–Trinajstić information content (AvgIpc) is 2.06. The van der Waals surface area contributed by atoms with Crippen molar-refractivity contribution in [2.75, 3.05) is 0 Å². The second-order valence-corrected chi connectivity index (χ2v) is 3.79. The molecule has 1 fully saturated rings. The predicted octanol–water partition coefficient (Wildman–Crippen LogP) is 1.27. The standard InChI is InChI=1S/C6H12O.C3H8O2.C2H2/c7-6-4-2-1-3-5-6;1-3(2,4)5;1-2/h6-7H,1-5H2;4-5H,1-2H3;1-2H. The highest BCUT2D eigenvalue weighted by Crippen LogP contribution is 2.16. The van der Waals surface area contributed by atoms with Gasteiger partial charge in [0.1, 0.15) is 0 Å². The molecular formula is C11H22O3. The molecule has 0 bridgehead atoms. The average molecular weight is 202 g/mol. The van der Waals surface area contributed by atoms with E-state index in [-0.39, 0.29) is 6.10 Å². The van der Waals surface area contributed by atoms with Crippen molar-refractivity contribution >= 4 is 0 Å². The van der Waals surface area contributed by atoms with Gasteiger partial charge in [0.05, 0.1) is 6.10 Å². The number of hydrogen-bond acceptors (Lipinski definition) is 3. The number of rotatable bonds is 0. The van der Waals surface area contributed by atoms with Gasteiger partial charge in [-0.1, -0.05) is 19.3 Å². The molecule has 0 unspecified atom stereocenters. The molecule has 1 aliphatic rings. The molecule has 3 N–H and O–H groups in total. The summed E-state index contributed by atoms with van der Waals surface area (Å²) >= 11 is 0. The summed E-state index contributed by atoms with van der Waals surface area (Å²) in [5.74, 6) is -1.50. The van der Waals surface area contributed by atoms with Gasteiger partial charge in [0, 0.05) is 0 Å². The molecule has 0 heterocycles. The first-order valence-corrected chi connectivity index (χ1v) is 4.86. The number of aliphatic hydroxyl groups is 3. The third kappa shape index (κ3) is 22.5. The maximum atomic E-state index is 8.91. The molecule has 3 heteroatoms. The third-order valence-electron chi connectivity index (χ3n) is 1.57. The van der Waals surface area contributed by atoms with Crippen LogP contribution in [0.5, 0.6) is 0 Å². The first-order chi connectivity index (χ1) is 6.39. The molecular weight excluding hydrogens is 180 g/mol. The van der Waals surface area contributed by atoms with Crippen molar-refractivity contribution < 1.29 is 15.3 Å². The van der Waals surface area contributed by atoms with Crippen LogP contribution < -0.4 is 0 Å². The van der Waals surface area contributed by atoms with E-state index in [0.717, 1.165) is 12.8 Å². The van der Waals surface area contributed by atoms with Gasteiger partial charge in [0.15, 0.2) is 5.79 Å². The number of aliphatic hydroxyl groups excluding tert-OH is 1. The Morgan fingerprint density at radius 2 is 1.29 bits per heavy atom. The van der Waals surface area contributed by atoms with Gasteiger partial charge in [-0.05, 0) is 26.7 Å². The van der Waals surface area contributed by atoms with Crippen molar-refractivity contribution in [3.63, 3.8) is 0 Å². The summed E-state index contributed by atoms with van der Waals surface area (Å²) in [6.07, 6.45) is 13.9. The highest BCUT2D eigenvalue weighted by Gasteiger charge is 2.07. The Morgan fingerprint density at radius 3 is 1.43 bits per heavy atom. The molecule has 0 aliphatic heterocycles. The zero-order valence-corrected chi connectivity index (χ0v) is 9.11. The van der Waals surface area contributed by atoms with Crippen LogP contribution in [0.3, 0.4) is 0 Å². The molecule has 14 heavy (non-hydrogen) atoms. The lowest BCUT2D eigenvalue weighted by Gasteiger charge is -2.14. The second-order valence-electron chi connectivity index (χ2n) is 3.79. The summed E-state index contributed by atoms with van der Waals surface area (Å²) in [6, 6.07) is 0. The summed E-state index contributed by atoms with van der Waals surface area (Å²) in [5.41, 5.74) is 0. The fourth-order valence-electron chi connectivity index (χ4n) is 1.08. The minimum absolute atomic E-state index is 0.0359. The van der Waals surface area contributed by atoms with Crippen LogP contribution in [0.25, 0.3) is 0 Å².